The van der Waals surface area contributed by atoms with Crippen molar-refractivity contribution in [1.82, 2.24) is 9.55 Å². The Morgan fingerprint density at radius 1 is 1.53 bits per heavy atom. The summed E-state index contributed by atoms with van der Waals surface area (Å²) in [5, 5.41) is 0. The fourth-order valence-corrected chi connectivity index (χ4v) is 2.31. The summed E-state index contributed by atoms with van der Waals surface area (Å²) >= 11 is 0. The summed E-state index contributed by atoms with van der Waals surface area (Å²) in [6.45, 7) is 5.52. The van der Waals surface area contributed by atoms with Crippen molar-refractivity contribution in [3.05, 3.63) is 11.9 Å². The lowest BCUT2D eigenvalue weighted by molar-refractivity contribution is 0.576. The van der Waals surface area contributed by atoms with Gasteiger partial charge >= 0.3 is 0 Å². The molecule has 0 atom stereocenters. The monoisotopic (exact) mass is 231 g/mol. The molecule has 0 radical (unpaired) electrons. The SMILES string of the molecule is CCS(=O)(=O)Cc1cnc(N)n1C(C)C. The summed E-state index contributed by atoms with van der Waals surface area (Å²) in [5.74, 6) is 0.508. The lowest BCUT2D eigenvalue weighted by Gasteiger charge is -2.13. The second-order valence-corrected chi connectivity index (χ2v) is 6.10. The highest BCUT2D eigenvalue weighted by Gasteiger charge is 2.16. The molecule has 86 valence electrons. The van der Waals surface area contributed by atoms with Crippen molar-refractivity contribution < 1.29 is 8.42 Å². The van der Waals surface area contributed by atoms with Crippen LogP contribution in [0.4, 0.5) is 5.95 Å². The van der Waals surface area contributed by atoms with E-state index in [0.29, 0.717) is 11.6 Å². The number of aromatic nitrogens is 2. The molecule has 0 aromatic carbocycles. The van der Waals surface area contributed by atoms with Crippen molar-refractivity contribution >= 4 is 15.8 Å². The number of nitrogen functional groups attached to an aromatic ring is 1. The van der Waals surface area contributed by atoms with Crippen LogP contribution in [0.2, 0.25) is 0 Å². The summed E-state index contributed by atoms with van der Waals surface area (Å²) in [6, 6.07) is 0.120. The van der Waals surface area contributed by atoms with Gasteiger partial charge in [-0.15, -0.1) is 0 Å². The minimum atomic E-state index is -3.03. The van der Waals surface area contributed by atoms with E-state index in [9.17, 15) is 8.42 Å². The van der Waals surface area contributed by atoms with E-state index in [2.05, 4.69) is 4.98 Å². The predicted molar refractivity (Wildman–Crippen MR) is 60.2 cm³/mol. The summed E-state index contributed by atoms with van der Waals surface area (Å²) < 4.78 is 24.7. The van der Waals surface area contributed by atoms with Crippen LogP contribution in [0.5, 0.6) is 0 Å². The number of nitrogens with zero attached hydrogens (tertiary/aromatic N) is 2. The van der Waals surface area contributed by atoms with E-state index in [1.54, 1.807) is 11.5 Å². The van der Waals surface area contributed by atoms with Crippen molar-refractivity contribution in [3.63, 3.8) is 0 Å². The molecule has 1 rings (SSSR count). The Kier molecular flexibility index (Phi) is 3.38. The van der Waals surface area contributed by atoms with Gasteiger partial charge in [-0.3, -0.25) is 0 Å². The Morgan fingerprint density at radius 3 is 2.60 bits per heavy atom. The van der Waals surface area contributed by atoms with E-state index in [-0.39, 0.29) is 17.5 Å². The van der Waals surface area contributed by atoms with E-state index >= 15 is 0 Å². The quantitative estimate of drug-likeness (QED) is 0.838. The van der Waals surface area contributed by atoms with Crippen LogP contribution < -0.4 is 5.73 Å². The molecule has 15 heavy (non-hydrogen) atoms. The van der Waals surface area contributed by atoms with Gasteiger partial charge in [-0.2, -0.15) is 0 Å². The third kappa shape index (κ3) is 2.71. The molecule has 0 spiro atoms. The Hall–Kier alpha value is -1.04. The maximum absolute atomic E-state index is 11.5. The van der Waals surface area contributed by atoms with E-state index in [4.69, 9.17) is 5.73 Å². The van der Waals surface area contributed by atoms with Gasteiger partial charge < -0.3 is 10.3 Å². The van der Waals surface area contributed by atoms with Crippen LogP contribution in [0.15, 0.2) is 6.20 Å². The van der Waals surface area contributed by atoms with Gasteiger partial charge in [0.2, 0.25) is 5.95 Å². The van der Waals surface area contributed by atoms with Gasteiger partial charge in [0.05, 0.1) is 17.6 Å². The second-order valence-electron chi connectivity index (χ2n) is 3.75. The number of imidazole rings is 1. The zero-order chi connectivity index (χ0) is 11.6. The first-order valence-electron chi connectivity index (χ1n) is 4.89. The molecular weight excluding hydrogens is 214 g/mol. The number of hydrogen-bond donors (Lipinski definition) is 1. The summed E-state index contributed by atoms with van der Waals surface area (Å²) in [5.41, 5.74) is 6.32. The largest absolute Gasteiger partial charge is 0.369 e. The highest BCUT2D eigenvalue weighted by Crippen LogP contribution is 2.17. The molecule has 0 fully saturated rings. The van der Waals surface area contributed by atoms with Crippen molar-refractivity contribution in [2.75, 3.05) is 11.5 Å². The van der Waals surface area contributed by atoms with Crippen LogP contribution in [0.1, 0.15) is 32.5 Å². The Labute approximate surface area is 90.2 Å². The molecule has 5 nitrogen and oxygen atoms in total. The highest BCUT2D eigenvalue weighted by molar-refractivity contribution is 7.90. The molecule has 0 aliphatic heterocycles. The van der Waals surface area contributed by atoms with Gasteiger partial charge in [-0.25, -0.2) is 13.4 Å². The number of rotatable bonds is 4. The molecule has 1 aromatic rings. The summed E-state index contributed by atoms with van der Waals surface area (Å²) in [4.78, 5) is 3.93. The molecule has 0 aliphatic rings. The third-order valence-electron chi connectivity index (χ3n) is 2.23. The fourth-order valence-electron chi connectivity index (χ4n) is 1.44. The van der Waals surface area contributed by atoms with Gasteiger partial charge in [-0.05, 0) is 13.8 Å². The maximum atomic E-state index is 11.5. The average Bonchev–Trinajstić information content (AvgIpc) is 2.46. The molecule has 1 heterocycles. The van der Waals surface area contributed by atoms with Gasteiger partial charge in [0.25, 0.3) is 0 Å². The lowest BCUT2D eigenvalue weighted by atomic mass is 10.3. The van der Waals surface area contributed by atoms with Crippen molar-refractivity contribution in [1.29, 1.82) is 0 Å². The van der Waals surface area contributed by atoms with Crippen LogP contribution in [-0.4, -0.2) is 23.7 Å². The summed E-state index contributed by atoms with van der Waals surface area (Å²) in [6.07, 6.45) is 1.53. The van der Waals surface area contributed by atoms with Crippen LogP contribution in [0, 0.1) is 0 Å². The number of nitrogens with two attached hydrogens (primary N) is 1. The molecule has 0 saturated heterocycles. The minimum absolute atomic E-state index is 0.00583. The fraction of sp³-hybridized carbons (Fsp3) is 0.667. The first-order valence-corrected chi connectivity index (χ1v) is 6.71. The Bertz CT molecular complexity index is 434. The molecule has 0 unspecified atom stereocenters. The first-order chi connectivity index (χ1) is 6.87. The molecule has 0 amide bonds. The Balaban J connectivity index is 3.06. The predicted octanol–water partition coefficient (Wildman–Crippen LogP) is 0.981. The van der Waals surface area contributed by atoms with Gasteiger partial charge in [0, 0.05) is 11.8 Å². The van der Waals surface area contributed by atoms with Crippen molar-refractivity contribution in [2.45, 2.75) is 32.6 Å². The lowest BCUT2D eigenvalue weighted by Crippen LogP contribution is -2.14. The van der Waals surface area contributed by atoms with Gasteiger partial charge in [0.15, 0.2) is 9.84 Å². The van der Waals surface area contributed by atoms with Gasteiger partial charge in [-0.1, -0.05) is 6.92 Å². The average molecular weight is 231 g/mol. The molecule has 0 saturated carbocycles. The smallest absolute Gasteiger partial charge is 0.200 e. The zero-order valence-corrected chi connectivity index (χ0v) is 10.1. The maximum Gasteiger partial charge on any atom is 0.200 e. The number of hydrogen-bond acceptors (Lipinski definition) is 4. The normalized spacial score (nSPS) is 12.3. The second kappa shape index (κ2) is 4.22. The van der Waals surface area contributed by atoms with E-state index in [1.165, 1.54) is 6.20 Å². The van der Waals surface area contributed by atoms with Crippen molar-refractivity contribution in [3.8, 4) is 0 Å². The van der Waals surface area contributed by atoms with Crippen molar-refractivity contribution in [2.24, 2.45) is 0 Å². The van der Waals surface area contributed by atoms with Crippen LogP contribution in [0.3, 0.4) is 0 Å². The zero-order valence-electron chi connectivity index (χ0n) is 9.27. The van der Waals surface area contributed by atoms with Crippen LogP contribution >= 0.6 is 0 Å². The minimum Gasteiger partial charge on any atom is -0.369 e. The molecule has 0 bridgehead atoms. The highest BCUT2D eigenvalue weighted by atomic mass is 32.2. The summed E-state index contributed by atoms with van der Waals surface area (Å²) in [7, 11) is -3.03. The first kappa shape index (κ1) is 12.0. The van der Waals surface area contributed by atoms with Gasteiger partial charge in [0.1, 0.15) is 0 Å². The molecule has 0 aliphatic carbocycles. The molecular formula is C9H17N3O2S. The van der Waals surface area contributed by atoms with Crippen LogP contribution in [0.25, 0.3) is 0 Å². The van der Waals surface area contributed by atoms with E-state index in [1.807, 2.05) is 13.8 Å². The molecule has 2 N–H and O–H groups in total. The van der Waals surface area contributed by atoms with Crippen LogP contribution in [-0.2, 0) is 15.6 Å². The van der Waals surface area contributed by atoms with E-state index < -0.39 is 9.84 Å². The molecule has 6 heteroatoms. The molecule has 1 aromatic heterocycles. The standard InChI is InChI=1S/C9H17N3O2S/c1-4-15(13,14)6-8-5-11-9(10)12(8)7(2)3/h5,7H,4,6H2,1-3H3,(H2,10,11). The Morgan fingerprint density at radius 2 is 2.13 bits per heavy atom. The third-order valence-corrected chi connectivity index (χ3v) is 3.84. The van der Waals surface area contributed by atoms with E-state index in [0.717, 1.165) is 0 Å². The number of sulfone groups is 1. The topological polar surface area (TPSA) is 78.0 Å². The number of anilines is 1.